The molecule has 1 aliphatic carbocycles. The summed E-state index contributed by atoms with van der Waals surface area (Å²) < 4.78 is 5.63. The van der Waals surface area contributed by atoms with E-state index in [0.717, 1.165) is 38.4 Å². The summed E-state index contributed by atoms with van der Waals surface area (Å²) in [5.41, 5.74) is 2.60. The number of anilines is 1. The van der Waals surface area contributed by atoms with Gasteiger partial charge < -0.3 is 9.64 Å². The molecule has 0 N–H and O–H groups in total. The van der Waals surface area contributed by atoms with Gasteiger partial charge in [0.2, 0.25) is 0 Å². The van der Waals surface area contributed by atoms with E-state index in [-0.39, 0.29) is 6.10 Å². The second kappa shape index (κ2) is 6.06. The van der Waals surface area contributed by atoms with Crippen molar-refractivity contribution >= 4 is 17.4 Å². The molecule has 0 radical (unpaired) electrons. The van der Waals surface area contributed by atoms with E-state index in [1.807, 2.05) is 0 Å². The van der Waals surface area contributed by atoms with Gasteiger partial charge in [0.25, 0.3) is 0 Å². The summed E-state index contributed by atoms with van der Waals surface area (Å²) >= 11 is 5.92. The van der Waals surface area contributed by atoms with Crippen LogP contribution in [0.1, 0.15) is 30.5 Å². The number of fused-ring (bicyclic) bond motifs is 1. The molecule has 19 heavy (non-hydrogen) atoms. The van der Waals surface area contributed by atoms with Crippen molar-refractivity contribution in [2.24, 2.45) is 0 Å². The summed E-state index contributed by atoms with van der Waals surface area (Å²) in [6, 6.07) is 0. The number of alkyl halides is 1. The summed E-state index contributed by atoms with van der Waals surface area (Å²) in [4.78, 5) is 11.3. The summed E-state index contributed by atoms with van der Waals surface area (Å²) in [7, 11) is 0. The van der Waals surface area contributed by atoms with Crippen molar-refractivity contribution in [1.82, 2.24) is 9.97 Å². The van der Waals surface area contributed by atoms with E-state index in [2.05, 4.69) is 14.9 Å². The van der Waals surface area contributed by atoms with Crippen LogP contribution in [0.2, 0.25) is 0 Å². The molecule has 0 saturated carbocycles. The number of aryl methyl sites for hydroxylation is 1. The number of hydrogen-bond donors (Lipinski definition) is 0. The molecular weight excluding hydrogens is 262 g/mol. The van der Waals surface area contributed by atoms with Crippen molar-refractivity contribution < 1.29 is 4.74 Å². The number of ether oxygens (including phenoxy) is 1. The molecule has 1 atom stereocenters. The summed E-state index contributed by atoms with van der Waals surface area (Å²) in [6.07, 6.45) is 7.82. The lowest BCUT2D eigenvalue weighted by Crippen LogP contribution is -2.44. The van der Waals surface area contributed by atoms with Crippen LogP contribution < -0.4 is 4.90 Å². The average Bonchev–Trinajstić information content (AvgIpc) is 2.72. The van der Waals surface area contributed by atoms with Crippen LogP contribution in [0.3, 0.4) is 0 Å². The first kappa shape index (κ1) is 13.1. The highest BCUT2D eigenvalue weighted by Crippen LogP contribution is 2.27. The number of hydrogen-bond acceptors (Lipinski definition) is 4. The molecule has 1 aromatic rings. The summed E-state index contributed by atoms with van der Waals surface area (Å²) in [5, 5.41) is 0. The van der Waals surface area contributed by atoms with Crippen LogP contribution >= 0.6 is 11.6 Å². The van der Waals surface area contributed by atoms with Crippen LogP contribution in [0.25, 0.3) is 0 Å². The third-order valence-corrected chi connectivity index (χ3v) is 4.31. The van der Waals surface area contributed by atoms with Crippen LogP contribution in [0, 0.1) is 0 Å². The average molecular weight is 282 g/mol. The fraction of sp³-hybridized carbons (Fsp3) is 0.714. The van der Waals surface area contributed by atoms with Gasteiger partial charge in [-0.1, -0.05) is 6.42 Å². The SMILES string of the molecule is ClCC1CN(c2ncnc3c2CCCCC3)CCO1. The Labute approximate surface area is 119 Å². The first-order chi connectivity index (χ1) is 9.38. The molecule has 2 aliphatic rings. The van der Waals surface area contributed by atoms with E-state index >= 15 is 0 Å². The molecule has 1 fully saturated rings. The minimum Gasteiger partial charge on any atom is -0.373 e. The van der Waals surface area contributed by atoms with Gasteiger partial charge in [-0.25, -0.2) is 9.97 Å². The highest BCUT2D eigenvalue weighted by Gasteiger charge is 2.24. The maximum atomic E-state index is 5.92. The zero-order valence-corrected chi connectivity index (χ0v) is 11.9. The van der Waals surface area contributed by atoms with Gasteiger partial charge in [-0.05, 0) is 25.7 Å². The Morgan fingerprint density at radius 3 is 3.05 bits per heavy atom. The van der Waals surface area contributed by atoms with Gasteiger partial charge in [0.15, 0.2) is 0 Å². The zero-order valence-electron chi connectivity index (χ0n) is 11.1. The van der Waals surface area contributed by atoms with Gasteiger partial charge >= 0.3 is 0 Å². The van der Waals surface area contributed by atoms with Crippen LogP contribution in [-0.4, -0.2) is 41.6 Å². The molecule has 5 heteroatoms. The molecule has 0 aromatic carbocycles. The van der Waals surface area contributed by atoms with E-state index in [4.69, 9.17) is 16.3 Å². The van der Waals surface area contributed by atoms with Gasteiger partial charge in [0.1, 0.15) is 12.1 Å². The second-order valence-corrected chi connectivity index (χ2v) is 5.58. The van der Waals surface area contributed by atoms with Gasteiger partial charge in [-0.15, -0.1) is 11.6 Å². The van der Waals surface area contributed by atoms with Crippen LogP contribution in [0.5, 0.6) is 0 Å². The first-order valence-corrected chi connectivity index (χ1v) is 7.67. The van der Waals surface area contributed by atoms with Crippen molar-refractivity contribution in [1.29, 1.82) is 0 Å². The molecule has 0 bridgehead atoms. The molecule has 1 saturated heterocycles. The van der Waals surface area contributed by atoms with E-state index in [1.165, 1.54) is 30.5 Å². The summed E-state index contributed by atoms with van der Waals surface area (Å²) in [5.74, 6) is 1.66. The van der Waals surface area contributed by atoms with Crippen LogP contribution in [-0.2, 0) is 17.6 Å². The predicted octanol–water partition coefficient (Wildman–Crippen LogP) is 2.19. The van der Waals surface area contributed by atoms with Gasteiger partial charge in [0.05, 0.1) is 18.6 Å². The molecule has 4 nitrogen and oxygen atoms in total. The molecular formula is C14H20ClN3O. The van der Waals surface area contributed by atoms with Crippen LogP contribution in [0.15, 0.2) is 6.33 Å². The zero-order chi connectivity index (χ0) is 13.1. The van der Waals surface area contributed by atoms with Crippen LogP contribution in [0.4, 0.5) is 5.82 Å². The minimum atomic E-state index is 0.117. The Bertz CT molecular complexity index is 441. The lowest BCUT2D eigenvalue weighted by atomic mass is 10.1. The number of aromatic nitrogens is 2. The number of nitrogens with zero attached hydrogens (tertiary/aromatic N) is 3. The quantitative estimate of drug-likeness (QED) is 0.615. The minimum absolute atomic E-state index is 0.117. The lowest BCUT2D eigenvalue weighted by Gasteiger charge is -2.34. The normalized spacial score (nSPS) is 23.8. The molecule has 0 amide bonds. The Morgan fingerprint density at radius 1 is 1.26 bits per heavy atom. The predicted molar refractivity (Wildman–Crippen MR) is 76.0 cm³/mol. The fourth-order valence-corrected chi connectivity index (χ4v) is 3.14. The molecule has 104 valence electrons. The van der Waals surface area contributed by atoms with E-state index in [9.17, 15) is 0 Å². The maximum Gasteiger partial charge on any atom is 0.135 e. The van der Waals surface area contributed by atoms with Gasteiger partial charge in [-0.3, -0.25) is 0 Å². The van der Waals surface area contributed by atoms with E-state index in [1.54, 1.807) is 6.33 Å². The monoisotopic (exact) mass is 281 g/mol. The molecule has 0 spiro atoms. The third-order valence-electron chi connectivity index (χ3n) is 3.96. The molecule has 2 heterocycles. The first-order valence-electron chi connectivity index (χ1n) is 7.13. The largest absolute Gasteiger partial charge is 0.373 e. The van der Waals surface area contributed by atoms with Crippen molar-refractivity contribution in [3.8, 4) is 0 Å². The number of rotatable bonds is 2. The Balaban J connectivity index is 1.87. The molecule has 1 aliphatic heterocycles. The smallest absolute Gasteiger partial charge is 0.135 e. The Hall–Kier alpha value is -0.870. The van der Waals surface area contributed by atoms with Crippen molar-refractivity contribution in [2.45, 2.75) is 38.2 Å². The highest BCUT2D eigenvalue weighted by atomic mass is 35.5. The van der Waals surface area contributed by atoms with Gasteiger partial charge in [-0.2, -0.15) is 0 Å². The maximum absolute atomic E-state index is 5.92. The molecule has 3 rings (SSSR count). The van der Waals surface area contributed by atoms with E-state index in [0.29, 0.717) is 5.88 Å². The lowest BCUT2D eigenvalue weighted by molar-refractivity contribution is 0.0551. The summed E-state index contributed by atoms with van der Waals surface area (Å²) in [6.45, 7) is 2.47. The Kier molecular flexibility index (Phi) is 4.18. The standard InChI is InChI=1S/C14H20ClN3O/c15-8-11-9-18(6-7-19-11)14-12-4-2-1-3-5-13(12)16-10-17-14/h10-11H,1-9H2. The van der Waals surface area contributed by atoms with Crippen molar-refractivity contribution in [2.75, 3.05) is 30.5 Å². The van der Waals surface area contributed by atoms with Crippen molar-refractivity contribution in [3.63, 3.8) is 0 Å². The number of halogens is 1. The molecule has 1 aromatic heterocycles. The number of morpholine rings is 1. The topological polar surface area (TPSA) is 38.2 Å². The van der Waals surface area contributed by atoms with Gasteiger partial charge in [0, 0.05) is 24.3 Å². The van der Waals surface area contributed by atoms with Crippen molar-refractivity contribution in [3.05, 3.63) is 17.6 Å². The second-order valence-electron chi connectivity index (χ2n) is 5.28. The highest BCUT2D eigenvalue weighted by molar-refractivity contribution is 6.18. The third kappa shape index (κ3) is 2.84. The Morgan fingerprint density at radius 2 is 2.16 bits per heavy atom. The molecule has 1 unspecified atom stereocenters. The van der Waals surface area contributed by atoms with E-state index < -0.39 is 0 Å². The fourth-order valence-electron chi connectivity index (χ4n) is 2.96.